The molecule has 37 heavy (non-hydrogen) atoms. The fourth-order valence-electron chi connectivity index (χ4n) is 7.24. The Morgan fingerprint density at radius 2 is 1.30 bits per heavy atom. The van der Waals surface area contributed by atoms with Crippen LogP contribution in [0.1, 0.15) is 38.2 Å². The molecular weight excluding hydrogens is 450 g/mol. The third-order valence-corrected chi connectivity index (χ3v) is 8.66. The molecule has 0 aromatic heterocycles. The van der Waals surface area contributed by atoms with Crippen molar-refractivity contribution in [1.82, 2.24) is 4.90 Å². The maximum Gasteiger partial charge on any atom is 0.192 e. The number of rotatable bonds is 2. The third-order valence-electron chi connectivity index (χ3n) is 8.66. The van der Waals surface area contributed by atoms with Crippen LogP contribution in [0.3, 0.4) is 0 Å². The highest BCUT2D eigenvalue weighted by atomic mass is 16.1. The molecular formula is C35H25NO. The van der Waals surface area contributed by atoms with Crippen molar-refractivity contribution in [3.05, 3.63) is 155 Å². The topological polar surface area (TPSA) is 20.3 Å². The fourth-order valence-corrected chi connectivity index (χ4v) is 7.24. The summed E-state index contributed by atoms with van der Waals surface area (Å²) in [6, 6.07) is 42.8. The quantitative estimate of drug-likeness (QED) is 0.267. The smallest absolute Gasteiger partial charge is 0.192 e. The van der Waals surface area contributed by atoms with Crippen molar-refractivity contribution in [3.8, 4) is 0 Å². The molecule has 0 fully saturated rings. The van der Waals surface area contributed by atoms with Crippen molar-refractivity contribution in [3.63, 3.8) is 0 Å². The van der Waals surface area contributed by atoms with Gasteiger partial charge in [0.05, 0.1) is 0 Å². The molecule has 1 spiro atoms. The predicted octanol–water partition coefficient (Wildman–Crippen LogP) is 7.28. The lowest BCUT2D eigenvalue weighted by Gasteiger charge is -2.43. The Labute approximate surface area is 216 Å². The summed E-state index contributed by atoms with van der Waals surface area (Å²) in [6.45, 7) is 0.740. The molecule has 0 unspecified atom stereocenters. The van der Waals surface area contributed by atoms with E-state index in [9.17, 15) is 4.79 Å². The number of benzene rings is 5. The first-order chi connectivity index (χ1) is 18.3. The van der Waals surface area contributed by atoms with Crippen LogP contribution in [-0.2, 0) is 18.5 Å². The van der Waals surface area contributed by atoms with Crippen molar-refractivity contribution in [2.75, 3.05) is 0 Å². The van der Waals surface area contributed by atoms with E-state index in [4.69, 9.17) is 0 Å². The molecule has 2 heteroatoms. The minimum Gasteiger partial charge on any atom is -0.291 e. The monoisotopic (exact) mass is 475 g/mol. The summed E-state index contributed by atoms with van der Waals surface area (Å²) in [5.41, 5.74) is 8.53. The highest BCUT2D eigenvalue weighted by Crippen LogP contribution is 2.61. The normalized spacial score (nSPS) is 22.1. The highest BCUT2D eigenvalue weighted by molar-refractivity contribution is 6.28. The summed E-state index contributed by atoms with van der Waals surface area (Å²) in [5.74, 6) is 0.202. The standard InChI is InChI=1S/C35H25NO/c37-34-28-19-9-17-23-18-10-20-29(31(23)28)35(34)33(25-13-5-2-6-14-25)32(24-11-3-1-4-12-24)30-21-26-15-7-8-16-27(26)22-36(30)35/h1-20,30H,21-22H2/t30-,35-/m0/s1. The molecule has 176 valence electrons. The van der Waals surface area contributed by atoms with Crippen LogP contribution in [0.25, 0.3) is 21.9 Å². The molecule has 2 aliphatic heterocycles. The fraction of sp³-hybridized carbons (Fsp3) is 0.114. The Morgan fingerprint density at radius 1 is 0.649 bits per heavy atom. The van der Waals surface area contributed by atoms with Gasteiger partial charge in [0, 0.05) is 18.2 Å². The lowest BCUT2D eigenvalue weighted by Crippen LogP contribution is -2.52. The van der Waals surface area contributed by atoms with Crippen molar-refractivity contribution in [2.45, 2.75) is 24.5 Å². The van der Waals surface area contributed by atoms with E-state index in [0.29, 0.717) is 0 Å². The lowest BCUT2D eigenvalue weighted by atomic mass is 9.77. The van der Waals surface area contributed by atoms with Gasteiger partial charge in [0.15, 0.2) is 5.78 Å². The number of hydrogen-bond donors (Lipinski definition) is 0. The molecule has 3 aliphatic rings. The van der Waals surface area contributed by atoms with E-state index >= 15 is 0 Å². The van der Waals surface area contributed by atoms with Crippen molar-refractivity contribution >= 4 is 27.7 Å². The molecule has 0 bridgehead atoms. The molecule has 2 atom stereocenters. The SMILES string of the molecule is O=C1c2cccc3cccc(c23)[C@]12C(c1ccccc1)=C(c1ccccc1)[C@@H]1Cc3ccccc3CN12. The summed E-state index contributed by atoms with van der Waals surface area (Å²) in [7, 11) is 0. The zero-order chi connectivity index (χ0) is 24.6. The van der Waals surface area contributed by atoms with E-state index < -0.39 is 5.54 Å². The Hall–Kier alpha value is -4.27. The summed E-state index contributed by atoms with van der Waals surface area (Å²) < 4.78 is 0. The van der Waals surface area contributed by atoms with Gasteiger partial charge >= 0.3 is 0 Å². The van der Waals surface area contributed by atoms with Crippen LogP contribution in [0.5, 0.6) is 0 Å². The number of carbonyl (C=O) groups is 1. The highest BCUT2D eigenvalue weighted by Gasteiger charge is 2.62. The average molecular weight is 476 g/mol. The van der Waals surface area contributed by atoms with Gasteiger partial charge in [-0.05, 0) is 56.2 Å². The number of carbonyl (C=O) groups excluding carboxylic acids is 1. The van der Waals surface area contributed by atoms with Crippen LogP contribution in [-0.4, -0.2) is 16.7 Å². The van der Waals surface area contributed by atoms with Crippen LogP contribution in [0.4, 0.5) is 0 Å². The molecule has 0 amide bonds. The van der Waals surface area contributed by atoms with E-state index in [0.717, 1.165) is 46.0 Å². The summed E-state index contributed by atoms with van der Waals surface area (Å²) >= 11 is 0. The van der Waals surface area contributed by atoms with Crippen LogP contribution in [0, 0.1) is 0 Å². The van der Waals surface area contributed by atoms with Crippen LogP contribution in [0.2, 0.25) is 0 Å². The van der Waals surface area contributed by atoms with Crippen LogP contribution in [0.15, 0.2) is 121 Å². The zero-order valence-corrected chi connectivity index (χ0v) is 20.4. The van der Waals surface area contributed by atoms with Gasteiger partial charge in [0.1, 0.15) is 5.54 Å². The van der Waals surface area contributed by atoms with Crippen molar-refractivity contribution in [1.29, 1.82) is 0 Å². The van der Waals surface area contributed by atoms with Gasteiger partial charge in [0.2, 0.25) is 0 Å². The van der Waals surface area contributed by atoms with Gasteiger partial charge in [-0.3, -0.25) is 9.69 Å². The molecule has 0 N–H and O–H groups in total. The van der Waals surface area contributed by atoms with E-state index in [2.05, 4.69) is 114 Å². The second-order valence-electron chi connectivity index (χ2n) is 10.4. The van der Waals surface area contributed by atoms with Crippen LogP contribution < -0.4 is 0 Å². The Morgan fingerprint density at radius 3 is 2.05 bits per heavy atom. The zero-order valence-electron chi connectivity index (χ0n) is 20.4. The van der Waals surface area contributed by atoms with Gasteiger partial charge < -0.3 is 0 Å². The van der Waals surface area contributed by atoms with Gasteiger partial charge in [-0.15, -0.1) is 0 Å². The molecule has 2 heterocycles. The molecule has 0 radical (unpaired) electrons. The second-order valence-corrected chi connectivity index (χ2v) is 10.4. The summed E-state index contributed by atoms with van der Waals surface area (Å²) in [5, 5.41) is 2.24. The largest absolute Gasteiger partial charge is 0.291 e. The van der Waals surface area contributed by atoms with Gasteiger partial charge in [-0.25, -0.2) is 0 Å². The predicted molar refractivity (Wildman–Crippen MR) is 149 cm³/mol. The number of fused-ring (bicyclic) bond motifs is 4. The molecule has 8 rings (SSSR count). The minimum atomic E-state index is -0.867. The number of hydrogen-bond acceptors (Lipinski definition) is 2. The number of Topliss-reactive ketones (excluding diaryl/α,β-unsaturated/α-hetero) is 1. The third kappa shape index (κ3) is 2.66. The first kappa shape index (κ1) is 20.9. The maximum absolute atomic E-state index is 15.0. The minimum absolute atomic E-state index is 0.0982. The van der Waals surface area contributed by atoms with Gasteiger partial charge in [-0.1, -0.05) is 121 Å². The van der Waals surface area contributed by atoms with Crippen molar-refractivity contribution in [2.24, 2.45) is 0 Å². The van der Waals surface area contributed by atoms with E-state index in [1.54, 1.807) is 0 Å². The number of nitrogens with zero attached hydrogens (tertiary/aromatic N) is 1. The van der Waals surface area contributed by atoms with Crippen LogP contribution >= 0.6 is 0 Å². The van der Waals surface area contributed by atoms with Crippen molar-refractivity contribution < 1.29 is 4.79 Å². The molecule has 0 saturated heterocycles. The average Bonchev–Trinajstić information content (AvgIpc) is 3.40. The molecule has 5 aromatic carbocycles. The molecule has 1 aliphatic carbocycles. The molecule has 5 aromatic rings. The van der Waals surface area contributed by atoms with E-state index in [-0.39, 0.29) is 11.8 Å². The first-order valence-corrected chi connectivity index (χ1v) is 13.0. The molecule has 0 saturated carbocycles. The van der Waals surface area contributed by atoms with Gasteiger partial charge in [0.25, 0.3) is 0 Å². The number of ketones is 1. The second kappa shape index (κ2) is 7.61. The van der Waals surface area contributed by atoms with E-state index in [1.807, 2.05) is 12.1 Å². The Balaban J connectivity index is 1.53. The van der Waals surface area contributed by atoms with Gasteiger partial charge in [-0.2, -0.15) is 0 Å². The first-order valence-electron chi connectivity index (χ1n) is 13.0. The maximum atomic E-state index is 15.0. The summed E-state index contributed by atoms with van der Waals surface area (Å²) in [4.78, 5) is 17.5. The van der Waals surface area contributed by atoms with E-state index in [1.165, 1.54) is 22.3 Å². The Bertz CT molecular complexity index is 1750. The summed E-state index contributed by atoms with van der Waals surface area (Å²) in [6.07, 6.45) is 0.887. The molecule has 2 nitrogen and oxygen atoms in total. The Kier molecular flexibility index (Phi) is 4.30. The lowest BCUT2D eigenvalue weighted by molar-refractivity contribution is 0.0640.